The third kappa shape index (κ3) is 3.21. The standard InChI is InChI=1S/C22H25ClN2/c1-16-8-9-21-19(14-16)18-10-12-24(2)13-11-22(18)25(21)15-20(23)17-6-4-3-5-7-17/h3-9,14,20H,10-13,15H2,1-2H3. The number of rotatable bonds is 3. The highest BCUT2D eigenvalue weighted by Crippen LogP contribution is 2.33. The lowest BCUT2D eigenvalue weighted by molar-refractivity contribution is 0.350. The molecule has 4 rings (SSSR count). The van der Waals surface area contributed by atoms with Crippen molar-refractivity contribution in [1.29, 1.82) is 0 Å². The number of nitrogens with zero attached hydrogens (tertiary/aromatic N) is 2. The van der Waals surface area contributed by atoms with E-state index in [1.807, 2.05) is 6.07 Å². The molecule has 0 fully saturated rings. The third-order valence-electron chi connectivity index (χ3n) is 5.42. The summed E-state index contributed by atoms with van der Waals surface area (Å²) in [5.74, 6) is 0. The quantitative estimate of drug-likeness (QED) is 0.605. The van der Waals surface area contributed by atoms with Crippen LogP contribution in [0.2, 0.25) is 0 Å². The molecule has 0 radical (unpaired) electrons. The van der Waals surface area contributed by atoms with E-state index in [4.69, 9.17) is 11.6 Å². The Morgan fingerprint density at radius 2 is 1.80 bits per heavy atom. The zero-order valence-electron chi connectivity index (χ0n) is 15.0. The van der Waals surface area contributed by atoms with Crippen LogP contribution >= 0.6 is 11.6 Å². The molecule has 0 saturated heterocycles. The van der Waals surface area contributed by atoms with Gasteiger partial charge in [0.1, 0.15) is 0 Å². The van der Waals surface area contributed by atoms with Crippen molar-refractivity contribution >= 4 is 22.5 Å². The first-order valence-corrected chi connectivity index (χ1v) is 9.55. The molecule has 1 aliphatic heterocycles. The maximum atomic E-state index is 6.81. The van der Waals surface area contributed by atoms with Crippen LogP contribution in [0.3, 0.4) is 0 Å². The minimum atomic E-state index is -0.0109. The number of aryl methyl sites for hydroxylation is 1. The Balaban J connectivity index is 1.80. The summed E-state index contributed by atoms with van der Waals surface area (Å²) in [7, 11) is 2.22. The summed E-state index contributed by atoms with van der Waals surface area (Å²) >= 11 is 6.81. The molecule has 0 bridgehead atoms. The molecule has 0 N–H and O–H groups in total. The third-order valence-corrected chi connectivity index (χ3v) is 5.81. The maximum absolute atomic E-state index is 6.81. The normalized spacial score (nSPS) is 16.6. The highest BCUT2D eigenvalue weighted by molar-refractivity contribution is 6.20. The molecule has 130 valence electrons. The second-order valence-electron chi connectivity index (χ2n) is 7.24. The molecule has 1 atom stereocenters. The fraction of sp³-hybridized carbons (Fsp3) is 0.364. The lowest BCUT2D eigenvalue weighted by Crippen LogP contribution is -2.21. The molecule has 2 heterocycles. The summed E-state index contributed by atoms with van der Waals surface area (Å²) in [5, 5.41) is 1.41. The molecule has 25 heavy (non-hydrogen) atoms. The number of benzene rings is 2. The number of aromatic nitrogens is 1. The van der Waals surface area contributed by atoms with Crippen LogP contribution in [0, 0.1) is 6.92 Å². The number of hydrogen-bond acceptors (Lipinski definition) is 1. The fourth-order valence-corrected chi connectivity index (χ4v) is 4.29. The van der Waals surface area contributed by atoms with Gasteiger partial charge in [-0.05, 0) is 43.7 Å². The minimum Gasteiger partial charge on any atom is -0.342 e. The lowest BCUT2D eigenvalue weighted by Gasteiger charge is -2.17. The zero-order valence-corrected chi connectivity index (χ0v) is 15.8. The molecule has 0 spiro atoms. The topological polar surface area (TPSA) is 8.17 Å². The van der Waals surface area contributed by atoms with Crippen LogP contribution in [-0.2, 0) is 19.4 Å². The summed E-state index contributed by atoms with van der Waals surface area (Å²) in [6.45, 7) is 5.24. The molecule has 3 heteroatoms. The minimum absolute atomic E-state index is 0.0109. The highest BCUT2D eigenvalue weighted by atomic mass is 35.5. The van der Waals surface area contributed by atoms with Crippen LogP contribution in [-0.4, -0.2) is 29.6 Å². The first kappa shape index (κ1) is 16.7. The molecular weight excluding hydrogens is 328 g/mol. The first-order chi connectivity index (χ1) is 12.1. The first-order valence-electron chi connectivity index (χ1n) is 9.11. The van der Waals surface area contributed by atoms with Gasteiger partial charge in [0, 0.05) is 42.7 Å². The Hall–Kier alpha value is -1.77. The van der Waals surface area contributed by atoms with Crippen molar-refractivity contribution in [3.8, 4) is 0 Å². The van der Waals surface area contributed by atoms with Gasteiger partial charge in [-0.2, -0.15) is 0 Å². The van der Waals surface area contributed by atoms with Gasteiger partial charge in [0.2, 0.25) is 0 Å². The average Bonchev–Trinajstić information content (AvgIpc) is 2.76. The zero-order chi connectivity index (χ0) is 17.4. The summed E-state index contributed by atoms with van der Waals surface area (Å²) in [6, 6.07) is 17.3. The molecule has 2 aromatic carbocycles. The van der Waals surface area contributed by atoms with Gasteiger partial charge in [0.15, 0.2) is 0 Å². The summed E-state index contributed by atoms with van der Waals surface area (Å²) in [4.78, 5) is 2.43. The summed E-state index contributed by atoms with van der Waals surface area (Å²) < 4.78 is 2.48. The van der Waals surface area contributed by atoms with Crippen molar-refractivity contribution in [3.05, 3.63) is 70.9 Å². The smallest absolute Gasteiger partial charge is 0.0764 e. The van der Waals surface area contributed by atoms with Crippen molar-refractivity contribution in [1.82, 2.24) is 9.47 Å². The van der Waals surface area contributed by atoms with Crippen molar-refractivity contribution in [2.24, 2.45) is 0 Å². The summed E-state index contributed by atoms with van der Waals surface area (Å²) in [6.07, 6.45) is 2.22. The molecular formula is C22H25ClN2. The van der Waals surface area contributed by atoms with Gasteiger partial charge in [-0.15, -0.1) is 11.6 Å². The Morgan fingerprint density at radius 3 is 2.60 bits per heavy atom. The van der Waals surface area contributed by atoms with Crippen molar-refractivity contribution in [3.63, 3.8) is 0 Å². The number of alkyl halides is 1. The predicted octanol–water partition coefficient (Wildman–Crippen LogP) is 4.96. The van der Waals surface area contributed by atoms with Crippen LogP contribution in [0.4, 0.5) is 0 Å². The Morgan fingerprint density at radius 1 is 1.04 bits per heavy atom. The lowest BCUT2D eigenvalue weighted by atomic mass is 10.1. The number of likely N-dealkylation sites (N-methyl/N-ethyl adjacent to an activating group) is 1. The van der Waals surface area contributed by atoms with Crippen molar-refractivity contribution in [2.75, 3.05) is 20.1 Å². The van der Waals surface area contributed by atoms with E-state index in [0.717, 1.165) is 32.5 Å². The fourth-order valence-electron chi connectivity index (χ4n) is 4.00. The van der Waals surface area contributed by atoms with Gasteiger partial charge in [-0.25, -0.2) is 0 Å². The molecule has 0 aliphatic carbocycles. The van der Waals surface area contributed by atoms with Gasteiger partial charge in [-0.3, -0.25) is 0 Å². The molecule has 3 aromatic rings. The van der Waals surface area contributed by atoms with E-state index >= 15 is 0 Å². The average molecular weight is 353 g/mol. The van der Waals surface area contributed by atoms with Crippen LogP contribution in [0.15, 0.2) is 48.5 Å². The van der Waals surface area contributed by atoms with Crippen LogP contribution < -0.4 is 0 Å². The molecule has 1 aliphatic rings. The van der Waals surface area contributed by atoms with E-state index in [1.165, 1.54) is 33.3 Å². The summed E-state index contributed by atoms with van der Waals surface area (Å²) in [5.41, 5.74) is 6.86. The van der Waals surface area contributed by atoms with Gasteiger partial charge >= 0.3 is 0 Å². The highest BCUT2D eigenvalue weighted by Gasteiger charge is 2.22. The Kier molecular flexibility index (Phi) is 4.58. The van der Waals surface area contributed by atoms with E-state index in [2.05, 4.69) is 65.9 Å². The van der Waals surface area contributed by atoms with E-state index in [1.54, 1.807) is 0 Å². The maximum Gasteiger partial charge on any atom is 0.0764 e. The van der Waals surface area contributed by atoms with Crippen LogP contribution in [0.25, 0.3) is 10.9 Å². The van der Waals surface area contributed by atoms with E-state index in [9.17, 15) is 0 Å². The van der Waals surface area contributed by atoms with E-state index in [0.29, 0.717) is 0 Å². The number of halogens is 1. The largest absolute Gasteiger partial charge is 0.342 e. The number of fused-ring (bicyclic) bond motifs is 3. The predicted molar refractivity (Wildman–Crippen MR) is 107 cm³/mol. The molecule has 0 saturated carbocycles. The molecule has 0 amide bonds. The Bertz CT molecular complexity index is 882. The van der Waals surface area contributed by atoms with Crippen molar-refractivity contribution in [2.45, 2.75) is 31.7 Å². The number of hydrogen-bond donors (Lipinski definition) is 0. The van der Waals surface area contributed by atoms with Crippen LogP contribution in [0.5, 0.6) is 0 Å². The second kappa shape index (κ2) is 6.86. The van der Waals surface area contributed by atoms with Crippen molar-refractivity contribution < 1.29 is 0 Å². The molecule has 2 nitrogen and oxygen atoms in total. The van der Waals surface area contributed by atoms with E-state index < -0.39 is 0 Å². The monoisotopic (exact) mass is 352 g/mol. The molecule has 1 unspecified atom stereocenters. The van der Waals surface area contributed by atoms with Gasteiger partial charge in [0.05, 0.1) is 5.38 Å². The SMILES string of the molecule is Cc1ccc2c(c1)c1c(n2CC(Cl)c2ccccc2)CCN(C)CC1. The van der Waals surface area contributed by atoms with Crippen LogP contribution in [0.1, 0.15) is 27.8 Å². The van der Waals surface area contributed by atoms with Gasteiger partial charge in [0.25, 0.3) is 0 Å². The molecule has 1 aromatic heterocycles. The van der Waals surface area contributed by atoms with Gasteiger partial charge in [-0.1, -0.05) is 42.0 Å². The van der Waals surface area contributed by atoms with E-state index in [-0.39, 0.29) is 5.38 Å². The van der Waals surface area contributed by atoms with Gasteiger partial charge < -0.3 is 9.47 Å². The second-order valence-corrected chi connectivity index (χ2v) is 7.76. The Labute approximate surface area is 155 Å².